The molecule has 0 aliphatic heterocycles. The van der Waals surface area contributed by atoms with Crippen molar-refractivity contribution in [1.82, 2.24) is 19.1 Å². The van der Waals surface area contributed by atoms with E-state index in [4.69, 9.17) is 0 Å². The van der Waals surface area contributed by atoms with Gasteiger partial charge in [-0.25, -0.2) is 14.3 Å². The van der Waals surface area contributed by atoms with E-state index in [1.807, 2.05) is 0 Å². The van der Waals surface area contributed by atoms with Crippen LogP contribution >= 0.6 is 75.8 Å². The number of fused-ring (bicyclic) bond motifs is 1. The van der Waals surface area contributed by atoms with Crippen molar-refractivity contribution in [3.63, 3.8) is 0 Å². The Hall–Kier alpha value is 0.250. The largest absolute Gasteiger partial charge is 0.332 e. The molecule has 0 amide bonds. The Balaban J connectivity index is 2.98. The van der Waals surface area contributed by atoms with E-state index in [0.29, 0.717) is 0 Å². The van der Waals surface area contributed by atoms with Crippen LogP contribution in [0.1, 0.15) is 0 Å². The maximum absolute atomic E-state index is 12.4. The van der Waals surface area contributed by atoms with Crippen LogP contribution < -0.4 is 11.2 Å². The first kappa shape index (κ1) is 15.6. The highest BCUT2D eigenvalue weighted by Crippen LogP contribution is 2.33. The van der Waals surface area contributed by atoms with E-state index < -0.39 is 18.3 Å². The monoisotopic (exact) mass is 372 g/mol. The molecule has 12 heteroatoms. The van der Waals surface area contributed by atoms with Crippen LogP contribution in [0.2, 0.25) is 0 Å². The second-order valence-electron chi connectivity index (χ2n) is 3.58. The number of thiol groups is 6. The first-order chi connectivity index (χ1) is 8.53. The zero-order valence-corrected chi connectivity index (χ0v) is 14.3. The fraction of sp³-hybridized carbons (Fsp3) is 0.286. The van der Waals surface area contributed by atoms with Crippen LogP contribution in [0, 0.1) is 0 Å². The smallest absolute Gasteiger partial charge is 0.292 e. The molecule has 2 rings (SSSR count). The lowest BCUT2D eigenvalue weighted by Crippen LogP contribution is -2.42. The zero-order valence-electron chi connectivity index (χ0n) is 8.92. The molecule has 0 saturated heterocycles. The minimum absolute atomic E-state index is 0.0566. The van der Waals surface area contributed by atoms with E-state index >= 15 is 0 Å². The van der Waals surface area contributed by atoms with Gasteiger partial charge < -0.3 is 0 Å². The molecule has 2 aromatic rings. The second-order valence-corrected chi connectivity index (χ2v) is 9.58. The van der Waals surface area contributed by atoms with E-state index in [-0.39, 0.29) is 11.2 Å². The first-order valence-corrected chi connectivity index (χ1v) is 7.29. The zero-order chi connectivity index (χ0) is 14.6. The summed E-state index contributed by atoms with van der Waals surface area (Å²) in [6.07, 6.45) is 1.29. The summed E-state index contributed by atoms with van der Waals surface area (Å²) >= 11 is 24.3. The van der Waals surface area contributed by atoms with Gasteiger partial charge in [-0.2, -0.15) is 0 Å². The molecular weight excluding hydrogens is 365 g/mol. The molecule has 0 unspecified atom stereocenters. The van der Waals surface area contributed by atoms with Crippen LogP contribution in [0.25, 0.3) is 11.2 Å². The highest BCUT2D eigenvalue weighted by atomic mass is 32.2. The SMILES string of the molecule is O=c1[nH]c2ncn(C(S)(S)S)c2c(=O)n1C(S)(S)S. The van der Waals surface area contributed by atoms with Gasteiger partial charge in [0.2, 0.25) is 0 Å². The summed E-state index contributed by atoms with van der Waals surface area (Å²) in [6, 6.07) is 0. The van der Waals surface area contributed by atoms with Crippen molar-refractivity contribution in [3.8, 4) is 0 Å². The predicted octanol–water partition coefficient (Wildman–Crippen LogP) is 0.601. The topological polar surface area (TPSA) is 72.7 Å². The maximum atomic E-state index is 12.4. The van der Waals surface area contributed by atoms with E-state index in [1.165, 1.54) is 10.9 Å². The quantitative estimate of drug-likeness (QED) is 0.312. The van der Waals surface area contributed by atoms with Gasteiger partial charge in [0.05, 0.1) is 0 Å². The van der Waals surface area contributed by atoms with Gasteiger partial charge in [-0.3, -0.25) is 14.3 Å². The number of hydrogen-bond donors (Lipinski definition) is 7. The van der Waals surface area contributed by atoms with Crippen molar-refractivity contribution in [1.29, 1.82) is 0 Å². The summed E-state index contributed by atoms with van der Waals surface area (Å²) in [7, 11) is 0. The van der Waals surface area contributed by atoms with Crippen molar-refractivity contribution >= 4 is 86.9 Å². The van der Waals surface area contributed by atoms with E-state index in [2.05, 4.69) is 85.7 Å². The number of rotatable bonds is 2. The molecule has 0 spiro atoms. The van der Waals surface area contributed by atoms with Crippen molar-refractivity contribution < 1.29 is 0 Å². The molecule has 2 aromatic heterocycles. The lowest BCUT2D eigenvalue weighted by molar-refractivity contribution is 0.726. The van der Waals surface area contributed by atoms with Crippen LogP contribution in [-0.2, 0) is 7.07 Å². The standard InChI is InChI=1S/C7H8N4O2S6/c12-4-2-3(8-1-10(2)6(14,15)16)9-5(13)11(4)7(17,18)19/h1,14-19H,(H,9,13). The normalized spacial score (nSPS) is 13.2. The van der Waals surface area contributed by atoms with Crippen LogP contribution in [-0.4, -0.2) is 19.1 Å². The number of nitrogens with zero attached hydrogens (tertiary/aromatic N) is 3. The molecule has 0 aromatic carbocycles. The highest BCUT2D eigenvalue weighted by molar-refractivity contribution is 8.15. The molecule has 6 nitrogen and oxygen atoms in total. The molecule has 19 heavy (non-hydrogen) atoms. The molecule has 0 aliphatic rings. The Morgan fingerprint density at radius 3 is 2.11 bits per heavy atom. The molecule has 104 valence electrons. The summed E-state index contributed by atoms with van der Waals surface area (Å²) in [6.45, 7) is 0. The Kier molecular flexibility index (Phi) is 4.04. The minimum atomic E-state index is -1.57. The van der Waals surface area contributed by atoms with Crippen LogP contribution in [0.5, 0.6) is 0 Å². The third-order valence-corrected chi connectivity index (χ3v) is 3.47. The van der Waals surface area contributed by atoms with Gasteiger partial charge in [0.25, 0.3) is 5.56 Å². The number of aromatic amines is 1. The van der Waals surface area contributed by atoms with Crippen molar-refractivity contribution in [3.05, 3.63) is 27.2 Å². The fourth-order valence-electron chi connectivity index (χ4n) is 1.50. The Morgan fingerprint density at radius 2 is 1.63 bits per heavy atom. The summed E-state index contributed by atoms with van der Waals surface area (Å²) in [5.41, 5.74) is -1.27. The second kappa shape index (κ2) is 4.91. The molecule has 0 bridgehead atoms. The highest BCUT2D eigenvalue weighted by Gasteiger charge is 2.27. The molecule has 1 N–H and O–H groups in total. The van der Waals surface area contributed by atoms with Crippen LogP contribution in [0.15, 0.2) is 15.9 Å². The van der Waals surface area contributed by atoms with E-state index in [9.17, 15) is 9.59 Å². The number of hydrogen-bond acceptors (Lipinski definition) is 9. The predicted molar refractivity (Wildman–Crippen MR) is 94.5 cm³/mol. The molecule has 0 radical (unpaired) electrons. The van der Waals surface area contributed by atoms with Crippen LogP contribution in [0.4, 0.5) is 0 Å². The van der Waals surface area contributed by atoms with Crippen molar-refractivity contribution in [2.45, 2.75) is 7.07 Å². The fourth-order valence-corrected chi connectivity index (χ4v) is 2.50. The van der Waals surface area contributed by atoms with Gasteiger partial charge in [0.15, 0.2) is 18.2 Å². The average Bonchev–Trinajstić information content (AvgIpc) is 2.57. The number of nitrogens with one attached hydrogen (secondary N) is 1. The molecule has 0 atom stereocenters. The van der Waals surface area contributed by atoms with E-state index in [1.54, 1.807) is 0 Å². The van der Waals surface area contributed by atoms with Gasteiger partial charge in [0, 0.05) is 0 Å². The first-order valence-electron chi connectivity index (χ1n) is 4.61. The lowest BCUT2D eigenvalue weighted by atomic mass is 10.5. The minimum Gasteiger partial charge on any atom is -0.292 e. The third-order valence-electron chi connectivity index (χ3n) is 2.22. The average molecular weight is 373 g/mol. The Bertz CT molecular complexity index is 748. The number of H-pyrrole nitrogens is 1. The molecule has 0 fully saturated rings. The van der Waals surface area contributed by atoms with Gasteiger partial charge in [0.1, 0.15) is 6.33 Å². The summed E-state index contributed by atoms with van der Waals surface area (Å²) in [5.74, 6) is 0. The van der Waals surface area contributed by atoms with Crippen LogP contribution in [0.3, 0.4) is 0 Å². The summed E-state index contributed by atoms with van der Waals surface area (Å²) in [4.78, 5) is 30.5. The maximum Gasteiger partial charge on any atom is 0.332 e. The number of aromatic nitrogens is 4. The van der Waals surface area contributed by atoms with Crippen molar-refractivity contribution in [2.24, 2.45) is 0 Å². The third kappa shape index (κ3) is 2.83. The lowest BCUT2D eigenvalue weighted by Gasteiger charge is -2.20. The van der Waals surface area contributed by atoms with Gasteiger partial charge in [-0.05, 0) is 0 Å². The number of imidazole rings is 1. The summed E-state index contributed by atoms with van der Waals surface area (Å²) < 4.78 is -0.825. The Morgan fingerprint density at radius 1 is 1.05 bits per heavy atom. The Labute approximate surface area is 139 Å². The van der Waals surface area contributed by atoms with Crippen molar-refractivity contribution in [2.75, 3.05) is 0 Å². The van der Waals surface area contributed by atoms with Gasteiger partial charge >= 0.3 is 5.69 Å². The molecule has 0 saturated carbocycles. The molecule has 2 heterocycles. The van der Waals surface area contributed by atoms with Gasteiger partial charge in [-0.1, -0.05) is 0 Å². The molecular formula is C7H8N4O2S6. The van der Waals surface area contributed by atoms with Gasteiger partial charge in [-0.15, -0.1) is 75.8 Å². The molecule has 0 aliphatic carbocycles. The van der Waals surface area contributed by atoms with E-state index in [0.717, 1.165) is 4.57 Å². The summed E-state index contributed by atoms with van der Waals surface area (Å²) in [5, 5.41) is 0.